The fourth-order valence-electron chi connectivity index (χ4n) is 3.57. The number of benzene rings is 1. The molecule has 0 spiro atoms. The lowest BCUT2D eigenvalue weighted by Crippen LogP contribution is -2.48. The van der Waals surface area contributed by atoms with Crippen LogP contribution in [0.1, 0.15) is 20.3 Å². The molecule has 1 saturated heterocycles. The third kappa shape index (κ3) is 5.03. The van der Waals surface area contributed by atoms with Crippen LogP contribution in [0.25, 0.3) is 11.0 Å². The van der Waals surface area contributed by atoms with Crippen molar-refractivity contribution in [3.05, 3.63) is 34.7 Å². The van der Waals surface area contributed by atoms with Crippen molar-refractivity contribution in [2.45, 2.75) is 32.9 Å². The van der Waals surface area contributed by atoms with E-state index in [1.807, 2.05) is 13.0 Å². The number of carbonyl (C=O) groups excluding carboxylic acids is 1. The van der Waals surface area contributed by atoms with Crippen LogP contribution in [0.3, 0.4) is 0 Å². The topological polar surface area (TPSA) is 106 Å². The number of carbonyl (C=O) groups is 2. The summed E-state index contributed by atoms with van der Waals surface area (Å²) in [6.45, 7) is 7.68. The lowest BCUT2D eigenvalue weighted by Gasteiger charge is -2.26. The van der Waals surface area contributed by atoms with E-state index in [1.54, 1.807) is 29.7 Å². The number of nitrogens with zero attached hydrogens (tertiary/aromatic N) is 3. The van der Waals surface area contributed by atoms with Crippen molar-refractivity contribution in [1.82, 2.24) is 19.4 Å². The van der Waals surface area contributed by atoms with Gasteiger partial charge in [-0.25, -0.2) is 19.0 Å². The Labute approximate surface area is 181 Å². The number of carboxylic acid groups (broad SMARTS) is 1. The van der Waals surface area contributed by atoms with Crippen LogP contribution in [-0.4, -0.2) is 70.0 Å². The number of nitrogens with one attached hydrogen (secondary N) is 1. The van der Waals surface area contributed by atoms with Crippen LogP contribution in [0, 0.1) is 5.92 Å². The van der Waals surface area contributed by atoms with E-state index in [0.717, 1.165) is 17.7 Å². The molecular weight excluding hydrogens is 412 g/mol. The van der Waals surface area contributed by atoms with E-state index < -0.39 is 23.7 Å². The van der Waals surface area contributed by atoms with Crippen LogP contribution in [0.5, 0.6) is 0 Å². The summed E-state index contributed by atoms with van der Waals surface area (Å²) < 4.78 is 7.96. The Hall–Kier alpha value is -2.36. The minimum absolute atomic E-state index is 0. The van der Waals surface area contributed by atoms with Crippen molar-refractivity contribution in [3.8, 4) is 0 Å². The van der Waals surface area contributed by atoms with Gasteiger partial charge in [0.2, 0.25) is 0 Å². The van der Waals surface area contributed by atoms with Crippen LogP contribution in [-0.2, 0) is 16.1 Å². The molecule has 2 N–H and O–H groups in total. The molecule has 1 aromatic carbocycles. The molecule has 166 valence electrons. The standard InChI is InChI=1S/C20H28N4O5.ClH/c1-3-14(2)17(18(25)26)21-19(27)24-16-7-5-4-6-15(16)23(20(24)28)9-8-22-10-12-29-13-11-22;/h4-7,14,17H,3,8-13H2,1-2H3,(H,21,27)(H,25,26);1H/t14?,17-;/m0./s1. The summed E-state index contributed by atoms with van der Waals surface area (Å²) >= 11 is 0. The summed E-state index contributed by atoms with van der Waals surface area (Å²) in [4.78, 5) is 39.7. The Morgan fingerprint density at radius 2 is 1.80 bits per heavy atom. The molecule has 1 unspecified atom stereocenters. The van der Waals surface area contributed by atoms with Gasteiger partial charge in [0, 0.05) is 26.2 Å². The lowest BCUT2D eigenvalue weighted by molar-refractivity contribution is -0.140. The molecule has 2 aromatic rings. The Balaban J connectivity index is 0.00000320. The van der Waals surface area contributed by atoms with E-state index in [4.69, 9.17) is 4.74 Å². The van der Waals surface area contributed by atoms with Crippen molar-refractivity contribution >= 4 is 35.4 Å². The molecule has 1 fully saturated rings. The number of para-hydroxylation sites is 2. The van der Waals surface area contributed by atoms with Crippen LogP contribution >= 0.6 is 12.4 Å². The fraction of sp³-hybridized carbons (Fsp3) is 0.550. The molecule has 10 heteroatoms. The summed E-state index contributed by atoms with van der Waals surface area (Å²) in [6.07, 6.45) is 0.591. The molecule has 1 aromatic heterocycles. The Morgan fingerprint density at radius 3 is 2.40 bits per heavy atom. The molecule has 0 saturated carbocycles. The molecule has 9 nitrogen and oxygen atoms in total. The fourth-order valence-corrected chi connectivity index (χ4v) is 3.57. The van der Waals surface area contributed by atoms with E-state index in [-0.39, 0.29) is 18.3 Å². The zero-order valence-electron chi connectivity index (χ0n) is 17.2. The zero-order chi connectivity index (χ0) is 21.0. The molecule has 1 aliphatic heterocycles. The van der Waals surface area contributed by atoms with E-state index in [1.165, 1.54) is 0 Å². The number of imidazole rings is 1. The molecule has 2 heterocycles. The molecule has 0 radical (unpaired) electrons. The second-order valence-electron chi connectivity index (χ2n) is 7.36. The van der Waals surface area contributed by atoms with E-state index >= 15 is 0 Å². The second-order valence-corrected chi connectivity index (χ2v) is 7.36. The number of morpholine rings is 1. The molecule has 1 aliphatic rings. The molecular formula is C20H29ClN4O5. The molecule has 1 amide bonds. The van der Waals surface area contributed by atoms with Crippen molar-refractivity contribution in [2.24, 2.45) is 5.92 Å². The number of aliphatic carboxylic acids is 1. The maximum absolute atomic E-state index is 13.1. The van der Waals surface area contributed by atoms with Gasteiger partial charge in [-0.2, -0.15) is 0 Å². The van der Waals surface area contributed by atoms with Gasteiger partial charge in [0.15, 0.2) is 0 Å². The highest BCUT2D eigenvalue weighted by atomic mass is 35.5. The van der Waals surface area contributed by atoms with E-state index in [0.29, 0.717) is 43.8 Å². The summed E-state index contributed by atoms with van der Waals surface area (Å²) in [5.74, 6) is -1.38. The minimum atomic E-state index is -1.11. The number of carboxylic acids is 1. The number of ether oxygens (including phenoxy) is 1. The summed E-state index contributed by atoms with van der Waals surface area (Å²) in [5.41, 5.74) is 0.645. The number of rotatable bonds is 7. The number of aromatic nitrogens is 2. The quantitative estimate of drug-likeness (QED) is 0.677. The Morgan fingerprint density at radius 1 is 1.17 bits per heavy atom. The SMILES string of the molecule is CCC(C)[C@H](NC(=O)n1c(=O)n(CCN2CCOCC2)c2ccccc21)C(=O)O.Cl. The first-order valence-electron chi connectivity index (χ1n) is 9.98. The predicted molar refractivity (Wildman–Crippen MR) is 116 cm³/mol. The van der Waals surface area contributed by atoms with E-state index in [2.05, 4.69) is 10.2 Å². The summed E-state index contributed by atoms with van der Waals surface area (Å²) in [5, 5.41) is 12.0. The maximum Gasteiger partial charge on any atom is 0.337 e. The predicted octanol–water partition coefficient (Wildman–Crippen LogP) is 1.61. The van der Waals surface area contributed by atoms with Gasteiger partial charge in [-0.1, -0.05) is 32.4 Å². The highest BCUT2D eigenvalue weighted by Crippen LogP contribution is 2.14. The number of halogens is 1. The van der Waals surface area contributed by atoms with Gasteiger partial charge in [-0.05, 0) is 18.1 Å². The van der Waals surface area contributed by atoms with Crippen molar-refractivity contribution in [1.29, 1.82) is 0 Å². The number of hydrogen-bond donors (Lipinski definition) is 2. The molecule has 2 atom stereocenters. The number of fused-ring (bicyclic) bond motifs is 1. The number of amides is 1. The zero-order valence-corrected chi connectivity index (χ0v) is 18.1. The normalized spacial score (nSPS) is 16.6. The average molecular weight is 441 g/mol. The lowest BCUT2D eigenvalue weighted by atomic mass is 9.99. The van der Waals surface area contributed by atoms with E-state index in [9.17, 15) is 19.5 Å². The van der Waals surface area contributed by atoms with Crippen LogP contribution < -0.4 is 11.0 Å². The smallest absolute Gasteiger partial charge is 0.337 e. The molecule has 0 bridgehead atoms. The third-order valence-corrected chi connectivity index (χ3v) is 5.54. The van der Waals surface area contributed by atoms with Gasteiger partial charge in [-0.15, -0.1) is 12.4 Å². The maximum atomic E-state index is 13.1. The monoisotopic (exact) mass is 440 g/mol. The van der Waals surface area contributed by atoms with Gasteiger partial charge < -0.3 is 15.2 Å². The minimum Gasteiger partial charge on any atom is -0.480 e. The average Bonchev–Trinajstić information content (AvgIpc) is 3.01. The Bertz CT molecular complexity index is 935. The molecule has 3 rings (SSSR count). The van der Waals surface area contributed by atoms with Gasteiger partial charge in [-0.3, -0.25) is 9.47 Å². The first-order chi connectivity index (χ1) is 13.9. The first-order valence-corrected chi connectivity index (χ1v) is 9.98. The van der Waals surface area contributed by atoms with Gasteiger partial charge >= 0.3 is 17.7 Å². The van der Waals surface area contributed by atoms with Crippen molar-refractivity contribution in [3.63, 3.8) is 0 Å². The van der Waals surface area contributed by atoms with Gasteiger partial charge in [0.25, 0.3) is 0 Å². The third-order valence-electron chi connectivity index (χ3n) is 5.54. The van der Waals surface area contributed by atoms with Gasteiger partial charge in [0.1, 0.15) is 6.04 Å². The highest BCUT2D eigenvalue weighted by Gasteiger charge is 2.28. The summed E-state index contributed by atoms with van der Waals surface area (Å²) in [6, 6.07) is 5.28. The van der Waals surface area contributed by atoms with Gasteiger partial charge in [0.05, 0.1) is 24.2 Å². The van der Waals surface area contributed by atoms with Crippen LogP contribution in [0.15, 0.2) is 29.1 Å². The van der Waals surface area contributed by atoms with Crippen LogP contribution in [0.2, 0.25) is 0 Å². The summed E-state index contributed by atoms with van der Waals surface area (Å²) in [7, 11) is 0. The first kappa shape index (κ1) is 23.9. The molecule has 30 heavy (non-hydrogen) atoms. The highest BCUT2D eigenvalue weighted by molar-refractivity contribution is 5.91. The van der Waals surface area contributed by atoms with Crippen molar-refractivity contribution < 1.29 is 19.4 Å². The molecule has 0 aliphatic carbocycles. The van der Waals surface area contributed by atoms with Crippen LogP contribution in [0.4, 0.5) is 4.79 Å². The van der Waals surface area contributed by atoms with Crippen molar-refractivity contribution in [2.75, 3.05) is 32.8 Å². The number of hydrogen-bond acceptors (Lipinski definition) is 5. The second kappa shape index (κ2) is 10.6. The largest absolute Gasteiger partial charge is 0.480 e. The Kier molecular flexibility index (Phi) is 8.45.